The molecular formula is C15H22N4. The van der Waals surface area contributed by atoms with Crippen molar-refractivity contribution in [3.63, 3.8) is 0 Å². The predicted molar refractivity (Wildman–Crippen MR) is 77.6 cm³/mol. The fourth-order valence-corrected chi connectivity index (χ4v) is 3.68. The molecule has 102 valence electrons. The molecule has 2 heterocycles. The molecule has 0 bridgehead atoms. The molecule has 4 nitrogen and oxygen atoms in total. The fraction of sp³-hybridized carbons (Fsp3) is 0.600. The number of nitrogens with one attached hydrogen (secondary N) is 1. The van der Waals surface area contributed by atoms with Gasteiger partial charge >= 0.3 is 0 Å². The summed E-state index contributed by atoms with van der Waals surface area (Å²) in [6.45, 7) is 2.11. The average Bonchev–Trinajstić information content (AvgIpc) is 2.88. The Hall–Kier alpha value is -1.58. The Balaban J connectivity index is 1.76. The number of nitrogens with zero attached hydrogens (tertiary/aromatic N) is 2. The van der Waals surface area contributed by atoms with Crippen LogP contribution in [0.1, 0.15) is 44.1 Å². The maximum Gasteiger partial charge on any atom is 0.139 e. The normalized spacial score (nSPS) is 21.8. The van der Waals surface area contributed by atoms with Crippen molar-refractivity contribution < 1.29 is 0 Å². The van der Waals surface area contributed by atoms with Gasteiger partial charge in [0.2, 0.25) is 0 Å². The molecule has 3 rings (SSSR count). The summed E-state index contributed by atoms with van der Waals surface area (Å²) < 4.78 is 0. The van der Waals surface area contributed by atoms with Crippen molar-refractivity contribution in [3.8, 4) is 0 Å². The van der Waals surface area contributed by atoms with E-state index in [0.29, 0.717) is 5.41 Å². The first-order valence-electron chi connectivity index (χ1n) is 7.25. The Morgan fingerprint density at radius 2 is 1.89 bits per heavy atom. The summed E-state index contributed by atoms with van der Waals surface area (Å²) in [7, 11) is 0. The highest BCUT2D eigenvalue weighted by molar-refractivity contribution is 5.99. The molecule has 1 saturated carbocycles. The second kappa shape index (κ2) is 4.83. The van der Waals surface area contributed by atoms with E-state index in [1.807, 2.05) is 12.1 Å². The van der Waals surface area contributed by atoms with E-state index in [1.54, 1.807) is 6.20 Å². The number of hydrogen-bond acceptors (Lipinski definition) is 3. The number of rotatable bonds is 2. The van der Waals surface area contributed by atoms with Crippen LogP contribution in [-0.4, -0.2) is 23.9 Å². The second-order valence-electron chi connectivity index (χ2n) is 5.98. The lowest BCUT2D eigenvalue weighted by Crippen LogP contribution is -2.40. The molecule has 2 aliphatic rings. The Labute approximate surface area is 114 Å². The number of aromatic nitrogens is 1. The molecule has 0 unspecified atom stereocenters. The number of nitrogens with two attached hydrogens (primary N) is 1. The zero-order valence-corrected chi connectivity index (χ0v) is 11.4. The number of nitrogen functional groups attached to an aromatic ring is 1. The Morgan fingerprint density at radius 1 is 1.21 bits per heavy atom. The smallest absolute Gasteiger partial charge is 0.139 e. The van der Waals surface area contributed by atoms with Gasteiger partial charge in [-0.15, -0.1) is 0 Å². The fourth-order valence-electron chi connectivity index (χ4n) is 3.68. The summed E-state index contributed by atoms with van der Waals surface area (Å²) in [4.78, 5) is 6.75. The maximum absolute atomic E-state index is 7.67. The first kappa shape index (κ1) is 12.5. The maximum atomic E-state index is 7.67. The lowest BCUT2D eigenvalue weighted by molar-refractivity contribution is 0.226. The monoisotopic (exact) mass is 258 g/mol. The summed E-state index contributed by atoms with van der Waals surface area (Å²) in [6.07, 6.45) is 9.94. The van der Waals surface area contributed by atoms with Gasteiger partial charge in [0.25, 0.3) is 0 Å². The van der Waals surface area contributed by atoms with Gasteiger partial charge in [0, 0.05) is 19.3 Å². The van der Waals surface area contributed by atoms with Gasteiger partial charge in [-0.2, -0.15) is 0 Å². The molecule has 0 atom stereocenters. The van der Waals surface area contributed by atoms with E-state index in [-0.39, 0.29) is 5.84 Å². The molecule has 0 amide bonds. The van der Waals surface area contributed by atoms with Gasteiger partial charge in [0.05, 0.1) is 5.56 Å². The highest BCUT2D eigenvalue weighted by Gasteiger charge is 2.37. The van der Waals surface area contributed by atoms with Crippen molar-refractivity contribution in [1.29, 1.82) is 5.41 Å². The number of hydrogen-bond donors (Lipinski definition) is 2. The second-order valence-corrected chi connectivity index (χ2v) is 5.98. The number of amidine groups is 1. The average molecular weight is 258 g/mol. The topological polar surface area (TPSA) is 66.0 Å². The SMILES string of the molecule is N=C(N)c1cccnc1N1CCC2(CCCC2)CC1. The Bertz CT molecular complexity index is 467. The third-order valence-electron chi connectivity index (χ3n) is 4.86. The Morgan fingerprint density at radius 3 is 2.53 bits per heavy atom. The molecule has 1 spiro atoms. The zero-order valence-electron chi connectivity index (χ0n) is 11.4. The van der Waals surface area contributed by atoms with Crippen LogP contribution in [0, 0.1) is 10.8 Å². The summed E-state index contributed by atoms with van der Waals surface area (Å²) >= 11 is 0. The summed E-state index contributed by atoms with van der Waals surface area (Å²) in [5, 5.41) is 7.67. The molecule has 1 aliphatic heterocycles. The van der Waals surface area contributed by atoms with E-state index >= 15 is 0 Å². The first-order valence-corrected chi connectivity index (χ1v) is 7.25. The van der Waals surface area contributed by atoms with Gasteiger partial charge in [0.1, 0.15) is 11.7 Å². The molecule has 2 fully saturated rings. The number of anilines is 1. The standard InChI is InChI=1S/C15H22N4/c16-13(17)12-4-3-9-18-14(12)19-10-7-15(8-11-19)5-1-2-6-15/h3-4,9H,1-2,5-8,10-11H2,(H3,16,17). The molecule has 3 N–H and O–H groups in total. The van der Waals surface area contributed by atoms with Crippen LogP contribution in [0.3, 0.4) is 0 Å². The minimum absolute atomic E-state index is 0.115. The van der Waals surface area contributed by atoms with Gasteiger partial charge in [0.15, 0.2) is 0 Å². The molecule has 0 aromatic carbocycles. The van der Waals surface area contributed by atoms with Crippen molar-refractivity contribution in [1.82, 2.24) is 4.98 Å². The van der Waals surface area contributed by atoms with Crippen molar-refractivity contribution in [3.05, 3.63) is 23.9 Å². The molecule has 1 aliphatic carbocycles. The Kier molecular flexibility index (Phi) is 3.17. The molecular weight excluding hydrogens is 236 g/mol. The van der Waals surface area contributed by atoms with Crippen LogP contribution in [0.25, 0.3) is 0 Å². The summed E-state index contributed by atoms with van der Waals surface area (Å²) in [5.41, 5.74) is 7.03. The third-order valence-corrected chi connectivity index (χ3v) is 4.86. The van der Waals surface area contributed by atoms with Crippen LogP contribution in [0.2, 0.25) is 0 Å². The van der Waals surface area contributed by atoms with Gasteiger partial charge in [-0.25, -0.2) is 4.98 Å². The van der Waals surface area contributed by atoms with Crippen LogP contribution in [0.4, 0.5) is 5.82 Å². The molecule has 19 heavy (non-hydrogen) atoms. The van der Waals surface area contributed by atoms with Crippen LogP contribution in [-0.2, 0) is 0 Å². The van der Waals surface area contributed by atoms with Crippen LogP contribution >= 0.6 is 0 Å². The third kappa shape index (κ3) is 2.31. The van der Waals surface area contributed by atoms with E-state index in [9.17, 15) is 0 Å². The van der Waals surface area contributed by atoms with E-state index in [1.165, 1.54) is 38.5 Å². The number of pyridine rings is 1. The van der Waals surface area contributed by atoms with Gasteiger partial charge in [-0.1, -0.05) is 12.8 Å². The van der Waals surface area contributed by atoms with Crippen LogP contribution in [0.15, 0.2) is 18.3 Å². The van der Waals surface area contributed by atoms with Crippen molar-refractivity contribution in [2.24, 2.45) is 11.1 Å². The summed E-state index contributed by atoms with van der Waals surface area (Å²) in [5.74, 6) is 1.01. The molecule has 1 saturated heterocycles. The van der Waals surface area contributed by atoms with Gasteiger partial charge < -0.3 is 10.6 Å². The van der Waals surface area contributed by atoms with Crippen molar-refractivity contribution in [2.75, 3.05) is 18.0 Å². The lowest BCUT2D eigenvalue weighted by Gasteiger charge is -2.40. The van der Waals surface area contributed by atoms with Crippen LogP contribution < -0.4 is 10.6 Å². The highest BCUT2D eigenvalue weighted by atomic mass is 15.2. The predicted octanol–water partition coefficient (Wildman–Crippen LogP) is 2.53. The van der Waals surface area contributed by atoms with E-state index in [2.05, 4.69) is 9.88 Å². The van der Waals surface area contributed by atoms with E-state index < -0.39 is 0 Å². The molecule has 1 aromatic rings. The van der Waals surface area contributed by atoms with E-state index in [4.69, 9.17) is 11.1 Å². The molecule has 1 aromatic heterocycles. The quantitative estimate of drug-likeness (QED) is 0.633. The minimum atomic E-state index is 0.115. The van der Waals surface area contributed by atoms with Crippen molar-refractivity contribution >= 4 is 11.7 Å². The largest absolute Gasteiger partial charge is 0.384 e. The van der Waals surface area contributed by atoms with Gasteiger partial charge in [-0.05, 0) is 43.2 Å². The molecule has 0 radical (unpaired) electrons. The molecule has 4 heteroatoms. The summed E-state index contributed by atoms with van der Waals surface area (Å²) in [6, 6.07) is 3.74. The highest BCUT2D eigenvalue weighted by Crippen LogP contribution is 2.46. The van der Waals surface area contributed by atoms with Crippen LogP contribution in [0.5, 0.6) is 0 Å². The van der Waals surface area contributed by atoms with Crippen molar-refractivity contribution in [2.45, 2.75) is 38.5 Å². The lowest BCUT2D eigenvalue weighted by atomic mass is 9.77. The van der Waals surface area contributed by atoms with Gasteiger partial charge in [-0.3, -0.25) is 5.41 Å². The first-order chi connectivity index (χ1) is 9.20. The number of piperidine rings is 1. The van der Waals surface area contributed by atoms with E-state index in [0.717, 1.165) is 24.5 Å². The minimum Gasteiger partial charge on any atom is -0.384 e. The zero-order chi connectivity index (χ0) is 13.3.